The van der Waals surface area contributed by atoms with E-state index in [0.717, 1.165) is 11.3 Å². The van der Waals surface area contributed by atoms with Crippen LogP contribution in [0.3, 0.4) is 0 Å². The first-order chi connectivity index (χ1) is 17.9. The molecule has 0 aliphatic heterocycles. The van der Waals surface area contributed by atoms with Crippen LogP contribution < -0.4 is 10.7 Å². The molecule has 0 spiro atoms. The Labute approximate surface area is 210 Å². The van der Waals surface area contributed by atoms with E-state index in [1.165, 1.54) is 22.6 Å². The van der Waals surface area contributed by atoms with Crippen LogP contribution >= 0.6 is 0 Å². The highest BCUT2D eigenvalue weighted by Crippen LogP contribution is 2.25. The molecule has 182 valence electrons. The molecule has 10 heteroatoms. The van der Waals surface area contributed by atoms with Gasteiger partial charge in [0.05, 0.1) is 28.4 Å². The largest absolute Gasteiger partial charge is 0.451 e. The summed E-state index contributed by atoms with van der Waals surface area (Å²) in [6, 6.07) is 15.7. The molecule has 0 radical (unpaired) electrons. The molecule has 4 heterocycles. The van der Waals surface area contributed by atoms with Crippen molar-refractivity contribution in [3.8, 4) is 11.5 Å². The summed E-state index contributed by atoms with van der Waals surface area (Å²) < 4.78 is 8.95. The second-order valence-electron chi connectivity index (χ2n) is 8.77. The molecule has 0 fully saturated rings. The quantitative estimate of drug-likeness (QED) is 0.391. The fourth-order valence-electron chi connectivity index (χ4n) is 4.19. The lowest BCUT2D eigenvalue weighted by Gasteiger charge is -2.09. The third-order valence-electron chi connectivity index (χ3n) is 6.21. The molecule has 0 unspecified atom stereocenters. The lowest BCUT2D eigenvalue weighted by Crippen LogP contribution is -2.17. The standard InChI is InChI=1S/C27H21N7O3/c1-15-8-9-18(10-16(15)2)33-25-20(13-30-33)26(29-14-28-25)34-24(11-17(3)32-34)31-27(36)23-12-21(35)19-6-4-5-7-22(19)37-23/h4-14H,1-3H3,(H,31,36). The number of rotatable bonds is 4. The maximum Gasteiger partial charge on any atom is 0.292 e. The molecule has 0 aliphatic carbocycles. The number of anilines is 1. The van der Waals surface area contributed by atoms with Crippen molar-refractivity contribution >= 4 is 33.7 Å². The molecule has 37 heavy (non-hydrogen) atoms. The zero-order valence-corrected chi connectivity index (χ0v) is 20.3. The van der Waals surface area contributed by atoms with Gasteiger partial charge in [-0.25, -0.2) is 14.6 Å². The Hall–Kier alpha value is -5.12. The number of carbonyl (C=O) groups excluding carboxylic acids is 1. The van der Waals surface area contributed by atoms with Crippen molar-refractivity contribution in [3.63, 3.8) is 0 Å². The highest BCUT2D eigenvalue weighted by Gasteiger charge is 2.20. The first-order valence-corrected chi connectivity index (χ1v) is 11.6. The van der Waals surface area contributed by atoms with Gasteiger partial charge >= 0.3 is 0 Å². The van der Waals surface area contributed by atoms with Crippen LogP contribution in [0.4, 0.5) is 5.82 Å². The van der Waals surface area contributed by atoms with E-state index in [1.54, 1.807) is 48.1 Å². The summed E-state index contributed by atoms with van der Waals surface area (Å²) in [5.41, 5.74) is 4.49. The van der Waals surface area contributed by atoms with Gasteiger partial charge in [-0.05, 0) is 56.2 Å². The van der Waals surface area contributed by atoms with Gasteiger partial charge in [0.25, 0.3) is 5.91 Å². The Morgan fingerprint density at radius 2 is 1.76 bits per heavy atom. The molecule has 6 rings (SSSR count). The van der Waals surface area contributed by atoms with Gasteiger partial charge in [-0.15, -0.1) is 0 Å². The van der Waals surface area contributed by atoms with E-state index in [2.05, 4.69) is 32.4 Å². The van der Waals surface area contributed by atoms with E-state index in [-0.39, 0.29) is 11.2 Å². The van der Waals surface area contributed by atoms with E-state index < -0.39 is 5.91 Å². The van der Waals surface area contributed by atoms with E-state index >= 15 is 0 Å². The predicted molar refractivity (Wildman–Crippen MR) is 138 cm³/mol. The average Bonchev–Trinajstić information content (AvgIpc) is 3.49. The number of amides is 1. The molecule has 0 bridgehead atoms. The number of hydrogen-bond acceptors (Lipinski definition) is 7. The van der Waals surface area contributed by atoms with Crippen molar-refractivity contribution in [2.75, 3.05) is 5.32 Å². The first kappa shape index (κ1) is 22.4. The molecule has 10 nitrogen and oxygen atoms in total. The third-order valence-corrected chi connectivity index (χ3v) is 6.21. The number of para-hydroxylation sites is 1. The molecule has 0 atom stereocenters. The maximum absolute atomic E-state index is 13.1. The molecule has 1 N–H and O–H groups in total. The van der Waals surface area contributed by atoms with Crippen LogP contribution in [-0.4, -0.2) is 35.4 Å². The Balaban J connectivity index is 1.40. The molecule has 1 amide bonds. The highest BCUT2D eigenvalue weighted by molar-refractivity contribution is 6.02. The van der Waals surface area contributed by atoms with Gasteiger partial charge in [0.2, 0.25) is 0 Å². The van der Waals surface area contributed by atoms with Crippen LogP contribution in [0.15, 0.2) is 76.3 Å². The number of fused-ring (bicyclic) bond motifs is 2. The fraction of sp³-hybridized carbons (Fsp3) is 0.111. The van der Waals surface area contributed by atoms with E-state index in [1.807, 2.05) is 25.1 Å². The summed E-state index contributed by atoms with van der Waals surface area (Å²) in [6.45, 7) is 5.91. The monoisotopic (exact) mass is 491 g/mol. The third kappa shape index (κ3) is 3.84. The van der Waals surface area contributed by atoms with Gasteiger partial charge in [0.1, 0.15) is 17.7 Å². The molecular weight excluding hydrogens is 470 g/mol. The van der Waals surface area contributed by atoms with E-state index in [9.17, 15) is 9.59 Å². The summed E-state index contributed by atoms with van der Waals surface area (Å²) in [7, 11) is 0. The first-order valence-electron chi connectivity index (χ1n) is 11.6. The Kier molecular flexibility index (Phi) is 5.15. The van der Waals surface area contributed by atoms with Gasteiger partial charge in [-0.3, -0.25) is 9.59 Å². The van der Waals surface area contributed by atoms with Crippen LogP contribution in [0.2, 0.25) is 0 Å². The van der Waals surface area contributed by atoms with Gasteiger partial charge < -0.3 is 9.73 Å². The number of carbonyl (C=O) groups is 1. The van der Waals surface area contributed by atoms with Crippen LogP contribution in [0.25, 0.3) is 33.5 Å². The molecule has 0 aliphatic rings. The van der Waals surface area contributed by atoms with Crippen molar-refractivity contribution in [1.82, 2.24) is 29.5 Å². The molecular formula is C27H21N7O3. The summed E-state index contributed by atoms with van der Waals surface area (Å²) >= 11 is 0. The Bertz CT molecular complexity index is 1900. The van der Waals surface area contributed by atoms with Crippen molar-refractivity contribution in [3.05, 3.63) is 99.9 Å². The minimum absolute atomic E-state index is 0.107. The lowest BCUT2D eigenvalue weighted by atomic mass is 10.1. The van der Waals surface area contributed by atoms with Crippen LogP contribution in [0.1, 0.15) is 27.4 Å². The smallest absolute Gasteiger partial charge is 0.292 e. The van der Waals surface area contributed by atoms with E-state index in [0.29, 0.717) is 39.3 Å². The number of nitrogens with one attached hydrogen (secondary N) is 1. The SMILES string of the molecule is Cc1cc(NC(=O)c2cc(=O)c3ccccc3o2)n(-c2ncnc3c2cnn3-c2ccc(C)c(C)c2)n1. The number of nitrogens with zero attached hydrogens (tertiary/aromatic N) is 6. The number of hydrogen-bond donors (Lipinski definition) is 1. The van der Waals surface area contributed by atoms with Crippen molar-refractivity contribution in [1.29, 1.82) is 0 Å². The van der Waals surface area contributed by atoms with Crippen molar-refractivity contribution in [2.24, 2.45) is 0 Å². The zero-order valence-electron chi connectivity index (χ0n) is 20.3. The lowest BCUT2D eigenvalue weighted by molar-refractivity contribution is 0.0996. The Morgan fingerprint density at radius 3 is 2.59 bits per heavy atom. The molecule has 0 saturated carbocycles. The fourth-order valence-corrected chi connectivity index (χ4v) is 4.19. The molecule has 4 aromatic heterocycles. The van der Waals surface area contributed by atoms with Gasteiger partial charge in [0, 0.05) is 12.1 Å². The van der Waals surface area contributed by atoms with Crippen molar-refractivity contribution in [2.45, 2.75) is 20.8 Å². The number of aryl methyl sites for hydroxylation is 3. The van der Waals surface area contributed by atoms with Crippen LogP contribution in [0.5, 0.6) is 0 Å². The molecule has 2 aromatic carbocycles. The normalized spacial score (nSPS) is 11.3. The minimum Gasteiger partial charge on any atom is -0.451 e. The average molecular weight is 492 g/mol. The summed E-state index contributed by atoms with van der Waals surface area (Å²) in [5, 5.41) is 12.9. The zero-order chi connectivity index (χ0) is 25.7. The second-order valence-corrected chi connectivity index (χ2v) is 8.77. The summed E-state index contributed by atoms with van der Waals surface area (Å²) in [5.74, 6) is 0.116. The van der Waals surface area contributed by atoms with E-state index in [4.69, 9.17) is 4.42 Å². The highest BCUT2D eigenvalue weighted by atomic mass is 16.3. The van der Waals surface area contributed by atoms with Gasteiger partial charge in [-0.1, -0.05) is 18.2 Å². The summed E-state index contributed by atoms with van der Waals surface area (Å²) in [4.78, 5) is 34.4. The van der Waals surface area contributed by atoms with Crippen LogP contribution in [-0.2, 0) is 0 Å². The topological polar surface area (TPSA) is 121 Å². The Morgan fingerprint density at radius 1 is 0.919 bits per heavy atom. The minimum atomic E-state index is -0.583. The summed E-state index contributed by atoms with van der Waals surface area (Å²) in [6.07, 6.45) is 3.10. The molecule has 0 saturated heterocycles. The van der Waals surface area contributed by atoms with Gasteiger partial charge in [-0.2, -0.15) is 14.9 Å². The number of aromatic nitrogens is 6. The maximum atomic E-state index is 13.1. The predicted octanol–water partition coefficient (Wildman–Crippen LogP) is 4.29. The molecule has 6 aromatic rings. The number of benzene rings is 2. The van der Waals surface area contributed by atoms with Crippen LogP contribution in [0, 0.1) is 20.8 Å². The van der Waals surface area contributed by atoms with Crippen molar-refractivity contribution < 1.29 is 9.21 Å². The second kappa shape index (κ2) is 8.52. The van der Waals surface area contributed by atoms with Gasteiger partial charge in [0.15, 0.2) is 22.7 Å².